The zero-order chi connectivity index (χ0) is 14.5. The van der Waals surface area contributed by atoms with Crippen molar-refractivity contribution >= 4 is 5.82 Å². The van der Waals surface area contributed by atoms with Gasteiger partial charge in [0.05, 0.1) is 0 Å². The van der Waals surface area contributed by atoms with Gasteiger partial charge in [-0.05, 0) is 51.1 Å². The molecule has 2 heterocycles. The Morgan fingerprint density at radius 2 is 2.20 bits per heavy atom. The summed E-state index contributed by atoms with van der Waals surface area (Å²) in [6.07, 6.45) is 3.19. The third-order valence-electron chi connectivity index (χ3n) is 4.12. The second-order valence-electron chi connectivity index (χ2n) is 5.94. The molecule has 1 aliphatic rings. The van der Waals surface area contributed by atoms with Crippen molar-refractivity contribution in [3.8, 4) is 0 Å². The molecule has 1 aromatic rings. The lowest BCUT2D eigenvalue weighted by Crippen LogP contribution is -2.50. The maximum Gasteiger partial charge on any atom is 0.131 e. The number of rotatable bonds is 5. The van der Waals surface area contributed by atoms with Crippen LogP contribution in [0.2, 0.25) is 0 Å². The molecule has 112 valence electrons. The zero-order valence-electron chi connectivity index (χ0n) is 13.3. The van der Waals surface area contributed by atoms with E-state index in [4.69, 9.17) is 4.98 Å². The van der Waals surface area contributed by atoms with Crippen molar-refractivity contribution in [2.75, 3.05) is 38.1 Å². The summed E-state index contributed by atoms with van der Waals surface area (Å²) in [6.45, 7) is 11.9. The molecule has 1 fully saturated rings. The smallest absolute Gasteiger partial charge is 0.131 e. The summed E-state index contributed by atoms with van der Waals surface area (Å²) >= 11 is 0. The van der Waals surface area contributed by atoms with Crippen LogP contribution in [-0.2, 0) is 6.54 Å². The van der Waals surface area contributed by atoms with Crippen LogP contribution >= 0.6 is 0 Å². The average Bonchev–Trinajstić information content (AvgIpc) is 2.43. The predicted octanol–water partition coefficient (Wildman–Crippen LogP) is 2.03. The van der Waals surface area contributed by atoms with Gasteiger partial charge < -0.3 is 15.1 Å². The lowest BCUT2D eigenvalue weighted by atomic mass is 10.1. The first kappa shape index (κ1) is 15.3. The van der Waals surface area contributed by atoms with Crippen molar-refractivity contribution in [3.63, 3.8) is 0 Å². The molecule has 1 atom stereocenters. The molecule has 0 spiro atoms. The molecule has 0 bridgehead atoms. The topological polar surface area (TPSA) is 31.4 Å². The summed E-state index contributed by atoms with van der Waals surface area (Å²) in [7, 11) is 2.20. The number of nitrogens with zero attached hydrogens (tertiary/aromatic N) is 3. The molecule has 1 unspecified atom stereocenters. The third-order valence-corrected chi connectivity index (χ3v) is 4.12. The number of aromatic nitrogens is 1. The van der Waals surface area contributed by atoms with Crippen LogP contribution in [0.5, 0.6) is 0 Å². The van der Waals surface area contributed by atoms with E-state index in [9.17, 15) is 0 Å². The van der Waals surface area contributed by atoms with E-state index in [1.807, 2.05) is 6.20 Å². The van der Waals surface area contributed by atoms with Gasteiger partial charge in [-0.2, -0.15) is 0 Å². The monoisotopic (exact) mass is 276 g/mol. The fourth-order valence-electron chi connectivity index (χ4n) is 2.70. The van der Waals surface area contributed by atoms with Crippen molar-refractivity contribution in [2.24, 2.45) is 0 Å². The second kappa shape index (κ2) is 7.04. The number of nitrogens with one attached hydrogen (secondary N) is 1. The minimum atomic E-state index is 0.593. The number of piperazine rings is 1. The lowest BCUT2D eigenvalue weighted by Gasteiger charge is -2.38. The molecule has 1 N–H and O–H groups in total. The molecule has 0 amide bonds. The number of aryl methyl sites for hydroxylation is 1. The molecule has 1 aromatic heterocycles. The third kappa shape index (κ3) is 3.70. The highest BCUT2D eigenvalue weighted by Crippen LogP contribution is 2.21. The van der Waals surface area contributed by atoms with E-state index in [-0.39, 0.29) is 0 Å². The van der Waals surface area contributed by atoms with Gasteiger partial charge in [-0.15, -0.1) is 0 Å². The predicted molar refractivity (Wildman–Crippen MR) is 85.3 cm³/mol. The van der Waals surface area contributed by atoms with E-state index in [1.165, 1.54) is 17.5 Å². The summed E-state index contributed by atoms with van der Waals surface area (Å²) in [5.41, 5.74) is 2.57. The Hall–Kier alpha value is -1.13. The lowest BCUT2D eigenvalue weighted by molar-refractivity contribution is 0.233. The largest absolute Gasteiger partial charge is 0.354 e. The Morgan fingerprint density at radius 1 is 1.40 bits per heavy atom. The van der Waals surface area contributed by atoms with Crippen molar-refractivity contribution in [1.29, 1.82) is 0 Å². The normalized spacial score (nSPS) is 20.4. The van der Waals surface area contributed by atoms with Crippen LogP contribution in [0.1, 0.15) is 31.4 Å². The van der Waals surface area contributed by atoms with Gasteiger partial charge in [-0.3, -0.25) is 0 Å². The molecule has 2 rings (SSSR count). The molecule has 1 aliphatic heterocycles. The van der Waals surface area contributed by atoms with E-state index in [1.54, 1.807) is 0 Å². The molecule has 0 radical (unpaired) electrons. The molecule has 4 nitrogen and oxygen atoms in total. The summed E-state index contributed by atoms with van der Waals surface area (Å²) in [5.74, 6) is 1.16. The van der Waals surface area contributed by atoms with Crippen LogP contribution in [-0.4, -0.2) is 49.2 Å². The average molecular weight is 276 g/mol. The van der Waals surface area contributed by atoms with Gasteiger partial charge in [-0.25, -0.2) is 4.98 Å². The van der Waals surface area contributed by atoms with Crippen LogP contribution < -0.4 is 10.2 Å². The fraction of sp³-hybridized carbons (Fsp3) is 0.688. The van der Waals surface area contributed by atoms with Crippen molar-refractivity contribution in [1.82, 2.24) is 15.2 Å². The number of hydrogen-bond donors (Lipinski definition) is 1. The van der Waals surface area contributed by atoms with E-state index >= 15 is 0 Å². The van der Waals surface area contributed by atoms with Gasteiger partial charge in [-0.1, -0.05) is 6.92 Å². The molecule has 0 aromatic carbocycles. The number of pyridine rings is 1. The Bertz CT molecular complexity index is 432. The van der Waals surface area contributed by atoms with Crippen LogP contribution in [0.15, 0.2) is 12.3 Å². The maximum absolute atomic E-state index is 4.71. The Kier molecular flexibility index (Phi) is 5.38. The Labute approximate surface area is 123 Å². The van der Waals surface area contributed by atoms with Crippen molar-refractivity contribution < 1.29 is 0 Å². The standard InChI is InChI=1S/C16H28N4/c1-5-6-17-10-15-9-13(2)16(18-11-15)20-8-7-19(4)14(3)12-20/h9,11,14,17H,5-8,10,12H2,1-4H3. The minimum Gasteiger partial charge on any atom is -0.354 e. The highest BCUT2D eigenvalue weighted by molar-refractivity contribution is 5.48. The van der Waals surface area contributed by atoms with E-state index in [0.29, 0.717) is 6.04 Å². The van der Waals surface area contributed by atoms with Gasteiger partial charge in [0, 0.05) is 38.4 Å². The van der Waals surface area contributed by atoms with E-state index in [0.717, 1.165) is 38.5 Å². The molecule has 0 aliphatic carbocycles. The molecule has 1 saturated heterocycles. The van der Waals surface area contributed by atoms with Gasteiger partial charge in [0.25, 0.3) is 0 Å². The van der Waals surface area contributed by atoms with Crippen LogP contribution in [0.3, 0.4) is 0 Å². The highest BCUT2D eigenvalue weighted by atomic mass is 15.3. The minimum absolute atomic E-state index is 0.593. The van der Waals surface area contributed by atoms with Crippen LogP contribution in [0.25, 0.3) is 0 Å². The first-order valence-corrected chi connectivity index (χ1v) is 7.73. The van der Waals surface area contributed by atoms with Gasteiger partial charge >= 0.3 is 0 Å². The number of likely N-dealkylation sites (N-methyl/N-ethyl adjacent to an activating group) is 1. The molecular formula is C16H28N4. The number of anilines is 1. The summed E-state index contributed by atoms with van der Waals surface area (Å²) < 4.78 is 0. The fourth-order valence-corrected chi connectivity index (χ4v) is 2.70. The Balaban J connectivity index is 2.02. The molecule has 0 saturated carbocycles. The number of hydrogen-bond acceptors (Lipinski definition) is 4. The molecule has 4 heteroatoms. The van der Waals surface area contributed by atoms with E-state index in [2.05, 4.69) is 49.0 Å². The van der Waals surface area contributed by atoms with Gasteiger partial charge in [0.1, 0.15) is 5.82 Å². The first-order valence-electron chi connectivity index (χ1n) is 7.73. The second-order valence-corrected chi connectivity index (χ2v) is 5.94. The summed E-state index contributed by atoms with van der Waals surface area (Å²) in [6, 6.07) is 2.87. The SMILES string of the molecule is CCCNCc1cnc(N2CCN(C)C(C)C2)c(C)c1. The van der Waals surface area contributed by atoms with Gasteiger partial charge in [0.2, 0.25) is 0 Å². The highest BCUT2D eigenvalue weighted by Gasteiger charge is 2.22. The summed E-state index contributed by atoms with van der Waals surface area (Å²) in [5, 5.41) is 3.43. The van der Waals surface area contributed by atoms with Crippen molar-refractivity contribution in [2.45, 2.75) is 39.8 Å². The first-order chi connectivity index (χ1) is 9.61. The van der Waals surface area contributed by atoms with Crippen LogP contribution in [0, 0.1) is 6.92 Å². The summed E-state index contributed by atoms with van der Waals surface area (Å²) in [4.78, 5) is 9.54. The Morgan fingerprint density at radius 3 is 2.85 bits per heavy atom. The van der Waals surface area contributed by atoms with E-state index < -0.39 is 0 Å². The molecular weight excluding hydrogens is 248 g/mol. The zero-order valence-corrected chi connectivity index (χ0v) is 13.3. The van der Waals surface area contributed by atoms with Crippen LogP contribution in [0.4, 0.5) is 5.82 Å². The van der Waals surface area contributed by atoms with Crippen molar-refractivity contribution in [3.05, 3.63) is 23.4 Å². The van der Waals surface area contributed by atoms with Gasteiger partial charge in [0.15, 0.2) is 0 Å². The maximum atomic E-state index is 4.71. The molecule has 20 heavy (non-hydrogen) atoms. The quantitative estimate of drug-likeness (QED) is 0.834.